The number of ether oxygens (including phenoxy) is 2. The topological polar surface area (TPSA) is 66.9 Å². The zero-order valence-electron chi connectivity index (χ0n) is 21.6. The number of halogens is 1. The van der Waals surface area contributed by atoms with E-state index in [-0.39, 0.29) is 30.9 Å². The summed E-state index contributed by atoms with van der Waals surface area (Å²) in [7, 11) is 0. The molecule has 1 amide bonds. The number of alkyl carbamates (subject to hydrolysis) is 1. The molecule has 3 aliphatic rings. The molecular formula is C29H39ClN4O3. The van der Waals surface area contributed by atoms with E-state index in [0.717, 1.165) is 62.6 Å². The number of rotatable bonds is 7. The van der Waals surface area contributed by atoms with Crippen LogP contribution in [0.1, 0.15) is 50.5 Å². The molecule has 7 nitrogen and oxygen atoms in total. The van der Waals surface area contributed by atoms with Crippen LogP contribution in [0.3, 0.4) is 0 Å². The number of amides is 1. The highest BCUT2D eigenvalue weighted by Crippen LogP contribution is 2.27. The van der Waals surface area contributed by atoms with Crippen molar-refractivity contribution in [3.05, 3.63) is 59.2 Å². The van der Waals surface area contributed by atoms with E-state index in [4.69, 9.17) is 21.1 Å². The van der Waals surface area contributed by atoms with E-state index in [0.29, 0.717) is 12.6 Å². The van der Waals surface area contributed by atoms with Gasteiger partial charge in [0, 0.05) is 49.0 Å². The molecule has 0 spiro atoms. The molecule has 1 aromatic heterocycles. The highest BCUT2D eigenvalue weighted by atomic mass is 35.5. The van der Waals surface area contributed by atoms with Gasteiger partial charge in [0.1, 0.15) is 18.5 Å². The van der Waals surface area contributed by atoms with Crippen LogP contribution in [0.25, 0.3) is 0 Å². The standard InChI is InChI=1S/C29H39ClN4O3/c30-23-11-9-22(10-12-23)18-26-20-36-27(21-37-29(35)32-24-6-2-1-3-7-24)19-34(26)25-13-16-33(17-14-25)28-8-4-5-15-31-28/h4-5,8-12,15,24-27H,1-3,6-7,13-14,16-21H2,(H,32,35). The number of piperidine rings is 1. The van der Waals surface area contributed by atoms with Gasteiger partial charge < -0.3 is 19.7 Å². The van der Waals surface area contributed by atoms with Crippen LogP contribution in [0, 0.1) is 0 Å². The third kappa shape index (κ3) is 7.37. The molecule has 37 heavy (non-hydrogen) atoms. The van der Waals surface area contributed by atoms with Crippen molar-refractivity contribution in [2.45, 2.75) is 75.6 Å². The van der Waals surface area contributed by atoms with E-state index in [9.17, 15) is 4.79 Å². The first-order valence-electron chi connectivity index (χ1n) is 13.8. The second-order valence-corrected chi connectivity index (χ2v) is 11.1. The molecule has 2 saturated heterocycles. The van der Waals surface area contributed by atoms with Crippen molar-refractivity contribution in [2.75, 3.05) is 37.7 Å². The molecule has 1 aromatic carbocycles. The molecule has 3 heterocycles. The summed E-state index contributed by atoms with van der Waals surface area (Å²) in [6.07, 6.45) is 10.2. The molecule has 2 atom stereocenters. The normalized spacial score (nSPS) is 24.1. The summed E-state index contributed by atoms with van der Waals surface area (Å²) >= 11 is 6.12. The van der Waals surface area contributed by atoms with Gasteiger partial charge in [-0.1, -0.05) is 49.1 Å². The molecular weight excluding hydrogens is 488 g/mol. The van der Waals surface area contributed by atoms with Gasteiger partial charge >= 0.3 is 6.09 Å². The summed E-state index contributed by atoms with van der Waals surface area (Å²) in [5.41, 5.74) is 1.26. The van der Waals surface area contributed by atoms with Crippen molar-refractivity contribution in [3.8, 4) is 0 Å². The first-order valence-corrected chi connectivity index (χ1v) is 14.2. The number of nitrogens with one attached hydrogen (secondary N) is 1. The molecule has 1 saturated carbocycles. The highest BCUT2D eigenvalue weighted by molar-refractivity contribution is 6.30. The molecule has 1 N–H and O–H groups in total. The van der Waals surface area contributed by atoms with Crippen molar-refractivity contribution < 1.29 is 14.3 Å². The Morgan fingerprint density at radius 3 is 2.57 bits per heavy atom. The summed E-state index contributed by atoms with van der Waals surface area (Å²) in [5.74, 6) is 1.05. The Morgan fingerprint density at radius 1 is 1.05 bits per heavy atom. The van der Waals surface area contributed by atoms with Gasteiger partial charge in [-0.15, -0.1) is 0 Å². The Morgan fingerprint density at radius 2 is 1.84 bits per heavy atom. The lowest BCUT2D eigenvalue weighted by atomic mass is 9.96. The third-order valence-corrected chi connectivity index (χ3v) is 8.28. The van der Waals surface area contributed by atoms with Gasteiger partial charge in [-0.2, -0.15) is 0 Å². The van der Waals surface area contributed by atoms with Crippen LogP contribution >= 0.6 is 11.6 Å². The Hall–Kier alpha value is -2.35. The van der Waals surface area contributed by atoms with Gasteiger partial charge in [-0.25, -0.2) is 9.78 Å². The van der Waals surface area contributed by atoms with Crippen molar-refractivity contribution in [1.82, 2.24) is 15.2 Å². The van der Waals surface area contributed by atoms with Gasteiger partial charge in [-0.3, -0.25) is 4.90 Å². The number of hydrogen-bond acceptors (Lipinski definition) is 6. The fourth-order valence-corrected chi connectivity index (χ4v) is 6.11. The molecule has 0 radical (unpaired) electrons. The van der Waals surface area contributed by atoms with Gasteiger partial charge in [0.25, 0.3) is 0 Å². The van der Waals surface area contributed by atoms with Crippen LogP contribution in [-0.4, -0.2) is 73.1 Å². The van der Waals surface area contributed by atoms with E-state index >= 15 is 0 Å². The first-order chi connectivity index (χ1) is 18.1. The number of carbonyl (C=O) groups excluding carboxylic acids is 1. The van der Waals surface area contributed by atoms with Gasteiger partial charge in [-0.05, 0) is 61.9 Å². The second-order valence-electron chi connectivity index (χ2n) is 10.6. The Labute approximate surface area is 225 Å². The van der Waals surface area contributed by atoms with Crippen LogP contribution in [0.15, 0.2) is 48.7 Å². The number of morpholine rings is 1. The van der Waals surface area contributed by atoms with Crippen molar-refractivity contribution >= 4 is 23.5 Å². The summed E-state index contributed by atoms with van der Waals surface area (Å²) < 4.78 is 11.9. The van der Waals surface area contributed by atoms with Crippen molar-refractivity contribution in [3.63, 3.8) is 0 Å². The average molecular weight is 527 g/mol. The van der Waals surface area contributed by atoms with E-state index < -0.39 is 0 Å². The smallest absolute Gasteiger partial charge is 0.407 e. The van der Waals surface area contributed by atoms with E-state index in [2.05, 4.69) is 38.3 Å². The predicted molar refractivity (Wildman–Crippen MR) is 146 cm³/mol. The zero-order chi connectivity index (χ0) is 25.5. The SMILES string of the molecule is O=C(NC1CCCCC1)OCC1CN(C2CCN(c3ccccn3)CC2)C(Cc2ccc(Cl)cc2)CO1. The molecule has 2 aromatic rings. The number of anilines is 1. The third-order valence-electron chi connectivity index (χ3n) is 8.03. The predicted octanol–water partition coefficient (Wildman–Crippen LogP) is 5.07. The minimum absolute atomic E-state index is 0.118. The number of nitrogens with zero attached hydrogens (tertiary/aromatic N) is 3. The number of benzene rings is 1. The summed E-state index contributed by atoms with van der Waals surface area (Å²) in [6.45, 7) is 3.65. The monoisotopic (exact) mass is 526 g/mol. The lowest BCUT2D eigenvalue weighted by molar-refractivity contribution is -0.0991. The lowest BCUT2D eigenvalue weighted by Gasteiger charge is -2.46. The molecule has 1 aliphatic carbocycles. The zero-order valence-corrected chi connectivity index (χ0v) is 22.3. The molecule has 0 bridgehead atoms. The molecule has 8 heteroatoms. The second kappa shape index (κ2) is 12.9. The fourth-order valence-electron chi connectivity index (χ4n) is 5.99. The van der Waals surface area contributed by atoms with Crippen molar-refractivity contribution in [2.24, 2.45) is 0 Å². The van der Waals surface area contributed by atoms with Crippen molar-refractivity contribution in [1.29, 1.82) is 0 Å². The average Bonchev–Trinajstić information content (AvgIpc) is 2.95. The summed E-state index contributed by atoms with van der Waals surface area (Å²) in [6, 6.07) is 15.2. The molecule has 5 rings (SSSR count). The van der Waals surface area contributed by atoms with Crippen LogP contribution in [-0.2, 0) is 15.9 Å². The molecule has 200 valence electrons. The number of pyridine rings is 1. The van der Waals surface area contributed by atoms with Gasteiger partial charge in [0.15, 0.2) is 0 Å². The number of carbonyl (C=O) groups is 1. The Bertz CT molecular complexity index is 978. The maximum absolute atomic E-state index is 12.4. The van der Waals surface area contributed by atoms with Crippen LogP contribution < -0.4 is 10.2 Å². The van der Waals surface area contributed by atoms with Gasteiger partial charge in [0.2, 0.25) is 0 Å². The Balaban J connectivity index is 1.19. The van der Waals surface area contributed by atoms with E-state index in [1.165, 1.54) is 24.8 Å². The molecule has 2 aliphatic heterocycles. The Kier molecular flexibility index (Phi) is 9.19. The number of hydrogen-bond donors (Lipinski definition) is 1. The maximum atomic E-state index is 12.4. The van der Waals surface area contributed by atoms with Crippen LogP contribution in [0.4, 0.5) is 10.6 Å². The van der Waals surface area contributed by atoms with E-state index in [1.54, 1.807) is 0 Å². The summed E-state index contributed by atoms with van der Waals surface area (Å²) in [4.78, 5) is 21.9. The van der Waals surface area contributed by atoms with Crippen LogP contribution in [0.5, 0.6) is 0 Å². The quantitative estimate of drug-likeness (QED) is 0.543. The largest absolute Gasteiger partial charge is 0.447 e. The van der Waals surface area contributed by atoms with Gasteiger partial charge in [0.05, 0.1) is 6.61 Å². The fraction of sp³-hybridized carbons (Fsp3) is 0.586. The van der Waals surface area contributed by atoms with Crippen LogP contribution in [0.2, 0.25) is 5.02 Å². The minimum atomic E-state index is -0.311. The lowest BCUT2D eigenvalue weighted by Crippen LogP contribution is -2.58. The number of aromatic nitrogens is 1. The minimum Gasteiger partial charge on any atom is -0.447 e. The van der Waals surface area contributed by atoms with E-state index in [1.807, 2.05) is 30.5 Å². The summed E-state index contributed by atoms with van der Waals surface area (Å²) in [5, 5.41) is 3.80. The highest BCUT2D eigenvalue weighted by Gasteiger charge is 2.36. The molecule has 3 fully saturated rings. The maximum Gasteiger partial charge on any atom is 0.407 e. The first kappa shape index (κ1) is 26.3. The molecule has 2 unspecified atom stereocenters.